The Balaban J connectivity index is 1.66. The van der Waals surface area contributed by atoms with E-state index in [0.29, 0.717) is 48.0 Å². The second-order valence-corrected chi connectivity index (χ2v) is 11.3. The number of hydrogen-bond donors (Lipinski definition) is 4. The third-order valence-electron chi connectivity index (χ3n) is 8.32. The maximum atomic E-state index is 16.9. The number of pyridine rings is 1. The van der Waals surface area contributed by atoms with E-state index < -0.39 is 23.3 Å². The number of nitrogens with one attached hydrogen (secondary N) is 1. The van der Waals surface area contributed by atoms with E-state index in [-0.39, 0.29) is 46.2 Å². The smallest absolute Gasteiger partial charge is 0.317 e. The lowest BCUT2D eigenvalue weighted by Crippen LogP contribution is -2.47. The summed E-state index contributed by atoms with van der Waals surface area (Å²) in [5, 5.41) is 26.6. The van der Waals surface area contributed by atoms with Gasteiger partial charge >= 0.3 is 6.01 Å². The lowest BCUT2D eigenvalue weighted by molar-refractivity contribution is -0.00832. The van der Waals surface area contributed by atoms with Crippen molar-refractivity contribution in [2.24, 2.45) is 5.73 Å². The van der Waals surface area contributed by atoms with Crippen molar-refractivity contribution < 1.29 is 23.7 Å². The van der Waals surface area contributed by atoms with Crippen LogP contribution in [-0.4, -0.2) is 50.5 Å². The molecular weight excluding hydrogens is 552 g/mol. The molecule has 2 atom stereocenters. The van der Waals surface area contributed by atoms with Crippen LogP contribution in [0.3, 0.4) is 0 Å². The van der Waals surface area contributed by atoms with Gasteiger partial charge in [0.1, 0.15) is 35.1 Å². The highest BCUT2D eigenvalue weighted by Gasteiger charge is 2.39. The Hall–Kier alpha value is -4.17. The number of aromatic hydroxyl groups is 1. The van der Waals surface area contributed by atoms with Crippen LogP contribution in [0.1, 0.15) is 63.0 Å². The molecule has 3 heterocycles. The number of phenols is 1. The van der Waals surface area contributed by atoms with Crippen molar-refractivity contribution in [1.29, 1.82) is 0 Å². The molecule has 0 bridgehead atoms. The van der Waals surface area contributed by atoms with E-state index in [0.717, 1.165) is 24.0 Å². The van der Waals surface area contributed by atoms with E-state index in [4.69, 9.17) is 10.5 Å². The summed E-state index contributed by atoms with van der Waals surface area (Å²) in [7, 11) is 0. The number of rotatable bonds is 7. The highest BCUT2D eigenvalue weighted by molar-refractivity contribution is 6.01. The van der Waals surface area contributed by atoms with Gasteiger partial charge in [-0.3, -0.25) is 0 Å². The van der Waals surface area contributed by atoms with Crippen LogP contribution >= 0.6 is 0 Å². The average molecular weight is 586 g/mol. The second-order valence-electron chi connectivity index (χ2n) is 11.3. The average Bonchev–Trinajstić information content (AvgIpc) is 3.75. The summed E-state index contributed by atoms with van der Waals surface area (Å²) in [6, 6.07) is 5.02. The number of piperidine rings is 1. The van der Waals surface area contributed by atoms with E-state index >= 15 is 4.39 Å². The van der Waals surface area contributed by atoms with Gasteiger partial charge in [0.15, 0.2) is 5.82 Å². The summed E-state index contributed by atoms with van der Waals surface area (Å²) in [6.07, 6.45) is 2.37. The molecule has 8 nitrogen and oxygen atoms in total. The lowest BCUT2D eigenvalue weighted by atomic mass is 9.84. The zero-order valence-corrected chi connectivity index (χ0v) is 24.3. The number of nitrogens with zero attached hydrogens (tertiary/aromatic N) is 3. The fourth-order valence-corrected chi connectivity index (χ4v) is 6.05. The van der Waals surface area contributed by atoms with Crippen molar-refractivity contribution in [3.63, 3.8) is 0 Å². The van der Waals surface area contributed by atoms with Gasteiger partial charge in [-0.05, 0) is 97.7 Å². The Kier molecular flexibility index (Phi) is 7.50. The number of nitrogens with two attached hydrogens (primary N) is 1. The summed E-state index contributed by atoms with van der Waals surface area (Å²) in [5.74, 6) is 4.47. The molecule has 1 saturated heterocycles. The van der Waals surface area contributed by atoms with Crippen LogP contribution in [0.5, 0.6) is 11.8 Å². The van der Waals surface area contributed by atoms with Crippen molar-refractivity contribution in [1.82, 2.24) is 20.3 Å². The molecule has 222 valence electrons. The van der Waals surface area contributed by atoms with Gasteiger partial charge in [-0.15, -0.1) is 0 Å². The highest BCUT2D eigenvalue weighted by Crippen LogP contribution is 2.42. The molecule has 10 heteroatoms. The summed E-state index contributed by atoms with van der Waals surface area (Å²) < 4.78 is 37.8. The van der Waals surface area contributed by atoms with Crippen LogP contribution in [0.2, 0.25) is 0 Å². The van der Waals surface area contributed by atoms with Gasteiger partial charge in [-0.2, -0.15) is 9.97 Å². The molecular formula is C33H33F2N5O3. The van der Waals surface area contributed by atoms with Gasteiger partial charge < -0.3 is 26.0 Å². The number of phenolic OH excluding ortho intramolecular Hbond substituents is 1. The first-order valence-corrected chi connectivity index (χ1v) is 14.4. The van der Waals surface area contributed by atoms with Crippen LogP contribution < -0.4 is 15.8 Å². The Morgan fingerprint density at radius 3 is 2.67 bits per heavy atom. The monoisotopic (exact) mass is 585 g/mol. The normalized spacial score (nSPS) is 19.9. The van der Waals surface area contributed by atoms with Crippen LogP contribution in [-0.2, 0) is 6.42 Å². The Morgan fingerprint density at radius 1 is 1.16 bits per heavy atom. The number of aryl methyl sites for hydroxylation is 1. The molecule has 0 saturated carbocycles. The molecule has 1 aliphatic carbocycles. The third kappa shape index (κ3) is 5.18. The largest absolute Gasteiger partial charge is 0.508 e. The molecule has 0 amide bonds. The first kappa shape index (κ1) is 28.9. The molecule has 2 unspecified atom stereocenters. The molecule has 5 N–H and O–H groups in total. The van der Waals surface area contributed by atoms with Crippen molar-refractivity contribution in [3.05, 3.63) is 64.0 Å². The fraction of sp³-hybridized carbons (Fsp3) is 0.364. The molecule has 0 radical (unpaired) electrons. The minimum Gasteiger partial charge on any atom is -0.508 e. The molecule has 4 aromatic rings. The van der Waals surface area contributed by atoms with Crippen molar-refractivity contribution in [2.75, 3.05) is 19.7 Å². The maximum absolute atomic E-state index is 16.9. The Morgan fingerprint density at radius 2 is 1.98 bits per heavy atom. The minimum atomic E-state index is -1.20. The lowest BCUT2D eigenvalue weighted by Gasteiger charge is -2.38. The number of ether oxygens (including phenoxy) is 1. The SMILES string of the molecule is CC#Cc1nc(-c2cc(O)cc3ccc(F)c(CC)c23)c(F)c2nc(OCC3=C(CN)C3)nc(C3NCCCC3(C)O)c12. The van der Waals surface area contributed by atoms with Crippen molar-refractivity contribution in [3.8, 4) is 34.9 Å². The Labute approximate surface area is 248 Å². The van der Waals surface area contributed by atoms with E-state index in [9.17, 15) is 14.6 Å². The highest BCUT2D eigenvalue weighted by atomic mass is 19.1. The maximum Gasteiger partial charge on any atom is 0.317 e. The number of hydrogen-bond acceptors (Lipinski definition) is 8. The van der Waals surface area contributed by atoms with Crippen LogP contribution in [0.4, 0.5) is 8.78 Å². The summed E-state index contributed by atoms with van der Waals surface area (Å²) in [4.78, 5) is 13.9. The van der Waals surface area contributed by atoms with Gasteiger partial charge in [0.05, 0.1) is 22.7 Å². The number of benzene rings is 2. The predicted molar refractivity (Wildman–Crippen MR) is 161 cm³/mol. The molecule has 1 fully saturated rings. The molecule has 2 aromatic carbocycles. The molecule has 2 aliphatic rings. The van der Waals surface area contributed by atoms with Gasteiger partial charge in [-0.1, -0.05) is 18.9 Å². The number of halogens is 2. The van der Waals surface area contributed by atoms with Gasteiger partial charge in [0.2, 0.25) is 0 Å². The zero-order valence-electron chi connectivity index (χ0n) is 24.3. The van der Waals surface area contributed by atoms with Crippen molar-refractivity contribution >= 4 is 21.7 Å². The molecule has 0 spiro atoms. The van der Waals surface area contributed by atoms with E-state index in [1.165, 1.54) is 18.2 Å². The van der Waals surface area contributed by atoms with E-state index in [1.54, 1.807) is 19.9 Å². The van der Waals surface area contributed by atoms with Crippen molar-refractivity contribution in [2.45, 2.75) is 58.1 Å². The number of fused-ring (bicyclic) bond motifs is 2. The fourth-order valence-electron chi connectivity index (χ4n) is 6.05. The van der Waals surface area contributed by atoms with Crippen LogP contribution in [0.15, 0.2) is 35.4 Å². The van der Waals surface area contributed by atoms with Gasteiger partial charge in [0, 0.05) is 12.1 Å². The quantitative estimate of drug-likeness (QED) is 0.177. The molecule has 6 rings (SSSR count). The van der Waals surface area contributed by atoms with Crippen LogP contribution in [0.25, 0.3) is 32.9 Å². The van der Waals surface area contributed by atoms with E-state index in [1.807, 2.05) is 6.92 Å². The van der Waals surface area contributed by atoms with Gasteiger partial charge in [-0.25, -0.2) is 13.8 Å². The first-order chi connectivity index (χ1) is 20.7. The molecule has 1 aliphatic heterocycles. The first-order valence-electron chi connectivity index (χ1n) is 14.4. The molecule has 2 aromatic heterocycles. The summed E-state index contributed by atoms with van der Waals surface area (Å²) in [5.41, 5.74) is 7.56. The number of aromatic nitrogens is 3. The standard InChI is InChI=1S/C33H33F2N5O3/c1-4-7-24-26-29(27(35)28(38-24)22-14-20(41)13-17-8-9-23(34)21(5-2)25(17)22)39-32(43-16-19-12-18(19)15-36)40-30(26)31-33(3,42)10-6-11-37-31/h8-9,13-14,31,37,41-42H,5-6,10-12,15-16,36H2,1-3H3. The summed E-state index contributed by atoms with van der Waals surface area (Å²) in [6.45, 7) is 6.44. The van der Waals surface area contributed by atoms with Gasteiger partial charge in [0.25, 0.3) is 0 Å². The Bertz CT molecular complexity index is 1880. The summed E-state index contributed by atoms with van der Waals surface area (Å²) >= 11 is 0. The predicted octanol–water partition coefficient (Wildman–Crippen LogP) is 4.98. The zero-order chi connectivity index (χ0) is 30.5. The third-order valence-corrected chi connectivity index (χ3v) is 8.32. The topological polar surface area (TPSA) is 126 Å². The second kappa shape index (κ2) is 11.2. The molecule has 43 heavy (non-hydrogen) atoms. The van der Waals surface area contributed by atoms with E-state index in [2.05, 4.69) is 32.1 Å². The minimum absolute atomic E-state index is 0.0611. The number of aliphatic hydroxyl groups is 1. The van der Waals surface area contributed by atoms with Crippen LogP contribution in [0, 0.1) is 23.5 Å².